The molecule has 2 aliphatic heterocycles. The zero-order valence-corrected chi connectivity index (χ0v) is 6.41. The van der Waals surface area contributed by atoms with Crippen molar-refractivity contribution in [3.63, 3.8) is 0 Å². The Labute approximate surface area is 69.1 Å². The number of amides is 2. The van der Waals surface area contributed by atoms with E-state index in [4.69, 9.17) is 10.5 Å². The molecule has 0 radical (unpaired) electrons. The lowest BCUT2D eigenvalue weighted by Crippen LogP contribution is -2.45. The molecule has 2 saturated heterocycles. The third-order valence-electron chi connectivity index (χ3n) is 2.16. The van der Waals surface area contributed by atoms with Crippen molar-refractivity contribution in [2.75, 3.05) is 6.54 Å². The van der Waals surface area contributed by atoms with Crippen molar-refractivity contribution in [3.05, 3.63) is 0 Å². The summed E-state index contributed by atoms with van der Waals surface area (Å²) in [4.78, 5) is 10.8. The summed E-state index contributed by atoms with van der Waals surface area (Å²) >= 11 is 0. The van der Waals surface area contributed by atoms with E-state index in [-0.39, 0.29) is 6.10 Å². The third-order valence-corrected chi connectivity index (χ3v) is 2.16. The number of nitrogens with two attached hydrogens (primary N) is 1. The first-order valence-corrected chi connectivity index (χ1v) is 3.80. The highest BCUT2D eigenvalue weighted by Gasteiger charge is 2.53. The molecule has 2 aliphatic rings. The van der Waals surface area contributed by atoms with Gasteiger partial charge in [-0.1, -0.05) is 0 Å². The largest absolute Gasteiger partial charge is 0.367 e. The predicted molar refractivity (Wildman–Crippen MR) is 38.9 cm³/mol. The van der Waals surface area contributed by atoms with E-state index in [1.54, 1.807) is 0 Å². The van der Waals surface area contributed by atoms with Crippen molar-refractivity contribution < 1.29 is 14.6 Å². The Hall–Kier alpha value is -0.850. The molecule has 0 saturated carbocycles. The van der Waals surface area contributed by atoms with Crippen LogP contribution in [0.1, 0.15) is 6.42 Å². The maximum atomic E-state index is 10.8. The molecule has 68 valence electrons. The monoisotopic (exact) mass is 173 g/mol. The predicted octanol–water partition coefficient (Wildman–Crippen LogP) is -1.94. The Morgan fingerprint density at radius 1 is 1.83 bits per heavy atom. The van der Waals surface area contributed by atoms with Crippen LogP contribution in [0.3, 0.4) is 0 Å². The average Bonchev–Trinajstić information content (AvgIpc) is 2.38. The molecule has 6 heteroatoms. The minimum Gasteiger partial charge on any atom is -0.367 e. The van der Waals surface area contributed by atoms with Gasteiger partial charge in [0.2, 0.25) is 0 Å². The molecule has 2 rings (SSSR count). The van der Waals surface area contributed by atoms with Crippen molar-refractivity contribution >= 4 is 6.03 Å². The van der Waals surface area contributed by atoms with Gasteiger partial charge in [-0.05, 0) is 0 Å². The fraction of sp³-hybridized carbons (Fsp3) is 0.833. The summed E-state index contributed by atoms with van der Waals surface area (Å²) in [6.07, 6.45) is -0.501. The molecular weight excluding hydrogens is 162 g/mol. The minimum atomic E-state index is -1.26. The van der Waals surface area contributed by atoms with Gasteiger partial charge in [0.1, 0.15) is 0 Å². The van der Waals surface area contributed by atoms with Crippen molar-refractivity contribution in [2.45, 2.75) is 24.5 Å². The molecule has 0 aromatic carbocycles. The van der Waals surface area contributed by atoms with Crippen LogP contribution in [0.25, 0.3) is 0 Å². The van der Waals surface area contributed by atoms with E-state index in [0.29, 0.717) is 13.0 Å². The number of nitrogens with one attached hydrogen (secondary N) is 2. The van der Waals surface area contributed by atoms with Crippen LogP contribution < -0.4 is 16.4 Å². The quantitative estimate of drug-likeness (QED) is 0.371. The SMILES string of the molecule is NC[C@H]1CC2(O)NC(=O)NC2O1. The van der Waals surface area contributed by atoms with Crippen LogP contribution in [0, 0.1) is 0 Å². The molecule has 0 aliphatic carbocycles. The summed E-state index contributed by atoms with van der Waals surface area (Å²) in [5, 5.41) is 14.6. The number of urea groups is 1. The first-order valence-electron chi connectivity index (χ1n) is 3.80. The van der Waals surface area contributed by atoms with Crippen LogP contribution in [0.5, 0.6) is 0 Å². The topological polar surface area (TPSA) is 96.6 Å². The van der Waals surface area contributed by atoms with Gasteiger partial charge in [-0.3, -0.25) is 0 Å². The number of carbonyl (C=O) groups is 1. The Morgan fingerprint density at radius 3 is 3.17 bits per heavy atom. The number of rotatable bonds is 1. The van der Waals surface area contributed by atoms with E-state index in [9.17, 15) is 9.90 Å². The zero-order valence-electron chi connectivity index (χ0n) is 6.41. The molecule has 6 nitrogen and oxygen atoms in total. The van der Waals surface area contributed by atoms with Gasteiger partial charge in [0.25, 0.3) is 0 Å². The second-order valence-electron chi connectivity index (χ2n) is 3.10. The first kappa shape index (κ1) is 7.78. The average molecular weight is 173 g/mol. The number of hydrogen-bond acceptors (Lipinski definition) is 4. The highest BCUT2D eigenvalue weighted by molar-refractivity contribution is 5.77. The van der Waals surface area contributed by atoms with E-state index in [1.165, 1.54) is 0 Å². The lowest BCUT2D eigenvalue weighted by molar-refractivity contribution is -0.0452. The maximum Gasteiger partial charge on any atom is 0.319 e. The summed E-state index contributed by atoms with van der Waals surface area (Å²) in [5.74, 6) is 0. The molecule has 0 bridgehead atoms. The Balaban J connectivity index is 2.11. The van der Waals surface area contributed by atoms with Gasteiger partial charge in [0, 0.05) is 13.0 Å². The molecule has 12 heavy (non-hydrogen) atoms. The van der Waals surface area contributed by atoms with E-state index >= 15 is 0 Å². The number of ether oxygens (including phenoxy) is 1. The van der Waals surface area contributed by atoms with Crippen molar-refractivity contribution in [1.82, 2.24) is 10.6 Å². The lowest BCUT2D eigenvalue weighted by Gasteiger charge is -2.17. The van der Waals surface area contributed by atoms with E-state index in [2.05, 4.69) is 10.6 Å². The number of aliphatic hydroxyl groups is 1. The Kier molecular flexibility index (Phi) is 1.50. The second-order valence-corrected chi connectivity index (χ2v) is 3.10. The molecule has 2 amide bonds. The minimum absolute atomic E-state index is 0.187. The van der Waals surface area contributed by atoms with Crippen LogP contribution >= 0.6 is 0 Å². The van der Waals surface area contributed by atoms with Crippen molar-refractivity contribution in [2.24, 2.45) is 5.73 Å². The third kappa shape index (κ3) is 0.961. The molecule has 5 N–H and O–H groups in total. The summed E-state index contributed by atoms with van der Waals surface area (Å²) in [6, 6.07) is -0.405. The Morgan fingerprint density at radius 2 is 2.58 bits per heavy atom. The summed E-state index contributed by atoms with van der Waals surface area (Å²) < 4.78 is 5.24. The van der Waals surface area contributed by atoms with Gasteiger partial charge in [-0.25, -0.2) is 4.79 Å². The van der Waals surface area contributed by atoms with Crippen LogP contribution in [-0.4, -0.2) is 35.7 Å². The van der Waals surface area contributed by atoms with E-state index in [0.717, 1.165) is 0 Å². The molecule has 0 aromatic heterocycles. The molecule has 0 spiro atoms. The summed E-state index contributed by atoms with van der Waals surface area (Å²) in [6.45, 7) is 0.344. The lowest BCUT2D eigenvalue weighted by atomic mass is 10.1. The zero-order chi connectivity index (χ0) is 8.77. The van der Waals surface area contributed by atoms with Gasteiger partial charge < -0.3 is 26.2 Å². The standard InChI is InChI=1S/C6H11N3O3/c7-2-3-1-6(11)4(12-3)8-5(10)9-6/h3-4,11H,1-2,7H2,(H2,8,9,10)/t3-,4?,6?/m1/s1. The summed E-state index contributed by atoms with van der Waals surface area (Å²) in [5.41, 5.74) is 4.09. The fourth-order valence-electron chi connectivity index (χ4n) is 1.57. The maximum absolute atomic E-state index is 10.8. The molecule has 3 atom stereocenters. The molecular formula is C6H11N3O3. The highest BCUT2D eigenvalue weighted by atomic mass is 16.5. The molecule has 0 aromatic rings. The number of hydrogen-bond donors (Lipinski definition) is 4. The van der Waals surface area contributed by atoms with Crippen LogP contribution in [0.15, 0.2) is 0 Å². The second kappa shape index (κ2) is 2.32. The van der Waals surface area contributed by atoms with Gasteiger partial charge in [0.15, 0.2) is 12.0 Å². The van der Waals surface area contributed by atoms with Crippen LogP contribution in [0.2, 0.25) is 0 Å². The summed E-state index contributed by atoms with van der Waals surface area (Å²) in [7, 11) is 0. The van der Waals surface area contributed by atoms with Crippen molar-refractivity contribution in [3.8, 4) is 0 Å². The smallest absolute Gasteiger partial charge is 0.319 e. The molecule has 2 heterocycles. The number of fused-ring (bicyclic) bond motifs is 1. The van der Waals surface area contributed by atoms with Gasteiger partial charge >= 0.3 is 6.03 Å². The molecule has 2 unspecified atom stereocenters. The Bertz CT molecular complexity index is 222. The van der Waals surface area contributed by atoms with Crippen LogP contribution in [0.4, 0.5) is 4.79 Å². The fourth-order valence-corrected chi connectivity index (χ4v) is 1.57. The van der Waals surface area contributed by atoms with E-state index < -0.39 is 18.0 Å². The van der Waals surface area contributed by atoms with Crippen LogP contribution in [-0.2, 0) is 4.74 Å². The van der Waals surface area contributed by atoms with Crippen molar-refractivity contribution in [1.29, 1.82) is 0 Å². The number of carbonyl (C=O) groups excluding carboxylic acids is 1. The van der Waals surface area contributed by atoms with Gasteiger partial charge in [0.05, 0.1) is 6.10 Å². The van der Waals surface area contributed by atoms with E-state index in [1.807, 2.05) is 0 Å². The molecule has 2 fully saturated rings. The van der Waals surface area contributed by atoms with Gasteiger partial charge in [-0.2, -0.15) is 0 Å². The first-order chi connectivity index (χ1) is 5.64. The normalized spacial score (nSPS) is 45.3. The highest BCUT2D eigenvalue weighted by Crippen LogP contribution is 2.29. The van der Waals surface area contributed by atoms with Gasteiger partial charge in [-0.15, -0.1) is 0 Å².